The number of thiazole rings is 1. The van der Waals surface area contributed by atoms with E-state index in [9.17, 15) is 13.2 Å². The second-order valence-corrected chi connectivity index (χ2v) is 5.88. The summed E-state index contributed by atoms with van der Waals surface area (Å²) in [4.78, 5) is 4.34. The lowest BCUT2D eigenvalue weighted by molar-refractivity contribution is -0.146. The molecule has 11 heteroatoms. The summed E-state index contributed by atoms with van der Waals surface area (Å²) < 4.78 is 43.3. The molecular formula is C11H8F3N5OS2. The molecule has 0 atom stereocenters. The van der Waals surface area contributed by atoms with E-state index in [1.807, 2.05) is 0 Å². The largest absolute Gasteiger partial charge is 0.462 e. The molecule has 0 amide bonds. The average Bonchev–Trinajstić information content (AvgIpc) is 3.16. The summed E-state index contributed by atoms with van der Waals surface area (Å²) in [5, 5.41) is 8.97. The van der Waals surface area contributed by atoms with Gasteiger partial charge in [-0.15, -0.1) is 21.5 Å². The molecule has 3 rings (SSSR count). The molecule has 0 saturated carbocycles. The van der Waals surface area contributed by atoms with E-state index in [2.05, 4.69) is 15.2 Å². The smallest absolute Gasteiger partial charge is 0.453 e. The lowest BCUT2D eigenvalue weighted by Gasteiger charge is -2.05. The van der Waals surface area contributed by atoms with Gasteiger partial charge in [0.25, 0.3) is 5.82 Å². The standard InChI is InChI=1S/C11H8F3N5OS2/c12-11(13,14)9-17-18-10(19(9)15)22-5-6-4-21-8(16-6)7-2-1-3-20-7/h1-4H,5,15H2. The van der Waals surface area contributed by atoms with Crippen LogP contribution in [0.1, 0.15) is 11.5 Å². The Morgan fingerprint density at radius 3 is 2.82 bits per heavy atom. The normalized spacial score (nSPS) is 12.0. The van der Waals surface area contributed by atoms with Crippen LogP contribution >= 0.6 is 23.1 Å². The van der Waals surface area contributed by atoms with Crippen molar-refractivity contribution in [3.05, 3.63) is 35.3 Å². The van der Waals surface area contributed by atoms with Crippen LogP contribution in [0.2, 0.25) is 0 Å². The van der Waals surface area contributed by atoms with Crippen molar-refractivity contribution < 1.29 is 17.6 Å². The van der Waals surface area contributed by atoms with Crippen LogP contribution in [0.15, 0.2) is 33.3 Å². The maximum atomic E-state index is 12.6. The van der Waals surface area contributed by atoms with Crippen LogP contribution in [-0.4, -0.2) is 19.9 Å². The van der Waals surface area contributed by atoms with Crippen LogP contribution in [0.3, 0.4) is 0 Å². The molecule has 22 heavy (non-hydrogen) atoms. The topological polar surface area (TPSA) is 82.8 Å². The lowest BCUT2D eigenvalue weighted by atomic mass is 10.5. The summed E-state index contributed by atoms with van der Waals surface area (Å²) in [6.45, 7) is 0. The number of rotatable bonds is 4. The van der Waals surface area contributed by atoms with E-state index < -0.39 is 12.0 Å². The zero-order chi connectivity index (χ0) is 15.7. The number of nitrogens with two attached hydrogens (primary N) is 1. The third kappa shape index (κ3) is 2.95. The Morgan fingerprint density at radius 2 is 2.18 bits per heavy atom. The molecular weight excluding hydrogens is 339 g/mol. The molecule has 3 heterocycles. The quantitative estimate of drug-likeness (QED) is 0.577. The van der Waals surface area contributed by atoms with Crippen molar-refractivity contribution in [2.75, 3.05) is 5.84 Å². The number of thioether (sulfide) groups is 1. The van der Waals surface area contributed by atoms with Crippen molar-refractivity contribution in [2.45, 2.75) is 17.1 Å². The fraction of sp³-hybridized carbons (Fsp3) is 0.182. The van der Waals surface area contributed by atoms with E-state index >= 15 is 0 Å². The number of alkyl halides is 3. The molecule has 0 saturated heterocycles. The van der Waals surface area contributed by atoms with E-state index in [4.69, 9.17) is 10.3 Å². The molecule has 0 aliphatic rings. The second-order valence-electron chi connectivity index (χ2n) is 4.08. The third-order valence-corrected chi connectivity index (χ3v) is 4.43. The Bertz CT molecular complexity index is 765. The van der Waals surface area contributed by atoms with Gasteiger partial charge in [-0.05, 0) is 12.1 Å². The second kappa shape index (κ2) is 5.65. The van der Waals surface area contributed by atoms with Crippen LogP contribution in [0, 0.1) is 0 Å². The first-order valence-electron chi connectivity index (χ1n) is 5.84. The van der Waals surface area contributed by atoms with E-state index in [1.54, 1.807) is 23.8 Å². The Kier molecular flexibility index (Phi) is 3.83. The molecule has 0 aliphatic carbocycles. The highest BCUT2D eigenvalue weighted by atomic mass is 32.2. The average molecular weight is 347 g/mol. The first-order chi connectivity index (χ1) is 10.4. The van der Waals surface area contributed by atoms with Gasteiger partial charge in [0, 0.05) is 11.1 Å². The first-order valence-corrected chi connectivity index (χ1v) is 7.70. The van der Waals surface area contributed by atoms with Gasteiger partial charge < -0.3 is 10.3 Å². The Hall–Kier alpha value is -2.01. The van der Waals surface area contributed by atoms with Crippen LogP contribution < -0.4 is 5.84 Å². The van der Waals surface area contributed by atoms with E-state index in [-0.39, 0.29) is 5.16 Å². The maximum Gasteiger partial charge on any atom is 0.453 e. The number of nitrogen functional groups attached to an aromatic ring is 1. The molecule has 0 fully saturated rings. The summed E-state index contributed by atoms with van der Waals surface area (Å²) >= 11 is 2.41. The van der Waals surface area contributed by atoms with Crippen LogP contribution in [0.25, 0.3) is 10.8 Å². The van der Waals surface area contributed by atoms with E-state index in [0.717, 1.165) is 11.8 Å². The van der Waals surface area contributed by atoms with Crippen molar-refractivity contribution in [2.24, 2.45) is 0 Å². The molecule has 6 nitrogen and oxygen atoms in total. The molecule has 0 radical (unpaired) electrons. The maximum absolute atomic E-state index is 12.6. The van der Waals surface area contributed by atoms with E-state index in [1.165, 1.54) is 11.3 Å². The Balaban J connectivity index is 1.70. The lowest BCUT2D eigenvalue weighted by Crippen LogP contribution is -2.21. The van der Waals surface area contributed by atoms with Crippen LogP contribution in [0.5, 0.6) is 0 Å². The van der Waals surface area contributed by atoms with Crippen molar-refractivity contribution >= 4 is 23.1 Å². The van der Waals surface area contributed by atoms with Gasteiger partial charge in [0.05, 0.1) is 12.0 Å². The minimum atomic E-state index is -4.63. The predicted octanol–water partition coefficient (Wildman–Crippen LogP) is 3.02. The molecule has 0 unspecified atom stereocenters. The predicted molar refractivity (Wildman–Crippen MR) is 74.6 cm³/mol. The highest BCUT2D eigenvalue weighted by molar-refractivity contribution is 7.98. The Labute approximate surface area is 130 Å². The minimum absolute atomic E-state index is 0.0279. The van der Waals surface area contributed by atoms with Crippen molar-refractivity contribution in [3.63, 3.8) is 0 Å². The molecule has 0 bridgehead atoms. The summed E-state index contributed by atoms with van der Waals surface area (Å²) in [6.07, 6.45) is -3.09. The molecule has 3 aromatic heterocycles. The Morgan fingerprint density at radius 1 is 1.36 bits per heavy atom. The van der Waals surface area contributed by atoms with Crippen molar-refractivity contribution in [3.8, 4) is 10.8 Å². The number of aromatic nitrogens is 4. The summed E-state index contributed by atoms with van der Waals surface area (Å²) in [7, 11) is 0. The third-order valence-electron chi connectivity index (χ3n) is 2.55. The minimum Gasteiger partial charge on any atom is -0.462 e. The first kappa shape index (κ1) is 14.9. The molecule has 0 aliphatic heterocycles. The number of halogens is 3. The van der Waals surface area contributed by atoms with Crippen molar-refractivity contribution in [1.82, 2.24) is 19.9 Å². The number of hydrogen-bond acceptors (Lipinski definition) is 7. The number of furan rings is 1. The van der Waals surface area contributed by atoms with Gasteiger partial charge in [0.2, 0.25) is 5.16 Å². The monoisotopic (exact) mass is 347 g/mol. The molecule has 0 spiro atoms. The van der Waals surface area contributed by atoms with Gasteiger partial charge in [-0.1, -0.05) is 11.8 Å². The van der Waals surface area contributed by atoms with Gasteiger partial charge in [-0.3, -0.25) is 0 Å². The highest BCUT2D eigenvalue weighted by Crippen LogP contribution is 2.31. The van der Waals surface area contributed by atoms with Crippen LogP contribution in [0.4, 0.5) is 13.2 Å². The fourth-order valence-corrected chi connectivity index (χ4v) is 3.23. The molecule has 0 aromatic carbocycles. The summed E-state index contributed by atoms with van der Waals surface area (Å²) in [5.41, 5.74) is 0.693. The number of nitrogens with zero attached hydrogens (tertiary/aromatic N) is 4. The van der Waals surface area contributed by atoms with Crippen LogP contribution in [-0.2, 0) is 11.9 Å². The van der Waals surface area contributed by atoms with Gasteiger partial charge >= 0.3 is 6.18 Å². The SMILES string of the molecule is Nn1c(SCc2csc(-c3ccco3)n2)nnc1C(F)(F)F. The molecule has 2 N–H and O–H groups in total. The molecule has 3 aromatic rings. The summed E-state index contributed by atoms with van der Waals surface area (Å²) in [6, 6.07) is 3.53. The highest BCUT2D eigenvalue weighted by Gasteiger charge is 2.38. The van der Waals surface area contributed by atoms with E-state index in [0.29, 0.717) is 26.9 Å². The van der Waals surface area contributed by atoms with Gasteiger partial charge in [-0.25, -0.2) is 9.66 Å². The fourth-order valence-electron chi connectivity index (χ4n) is 1.59. The molecule has 116 valence electrons. The zero-order valence-corrected chi connectivity index (χ0v) is 12.4. The number of hydrogen-bond donors (Lipinski definition) is 1. The van der Waals surface area contributed by atoms with Gasteiger partial charge in [0.15, 0.2) is 10.8 Å². The van der Waals surface area contributed by atoms with Gasteiger partial charge in [0.1, 0.15) is 0 Å². The zero-order valence-electron chi connectivity index (χ0n) is 10.7. The summed E-state index contributed by atoms with van der Waals surface area (Å²) in [5.74, 6) is 5.09. The van der Waals surface area contributed by atoms with Gasteiger partial charge in [-0.2, -0.15) is 13.2 Å². The van der Waals surface area contributed by atoms with Crippen molar-refractivity contribution in [1.29, 1.82) is 0 Å².